The Kier molecular flexibility index (Phi) is 3.98. The maximum Gasteiger partial charge on any atom is 0.126 e. The highest BCUT2D eigenvalue weighted by atomic mass is 35.5. The molecule has 104 valence electrons. The van der Waals surface area contributed by atoms with Crippen LogP contribution in [0.1, 0.15) is 43.6 Å². The zero-order valence-electron chi connectivity index (χ0n) is 11.5. The Bertz CT molecular complexity index is 586. The second-order valence-corrected chi connectivity index (χ2v) is 6.03. The molecule has 0 bridgehead atoms. The molecule has 2 heteroatoms. The molecule has 1 aliphatic carbocycles. The van der Waals surface area contributed by atoms with Crippen molar-refractivity contribution < 1.29 is 5.11 Å². The third-order valence-electron chi connectivity index (χ3n) is 4.23. The lowest BCUT2D eigenvalue weighted by molar-refractivity contribution is 0.415. The van der Waals surface area contributed by atoms with Gasteiger partial charge in [0.2, 0.25) is 0 Å². The minimum absolute atomic E-state index is 0.410. The second-order valence-electron chi connectivity index (χ2n) is 5.59. The lowest BCUT2D eigenvalue weighted by Crippen LogP contribution is -2.05. The van der Waals surface area contributed by atoms with Crippen LogP contribution in [0.3, 0.4) is 0 Å². The van der Waals surface area contributed by atoms with E-state index in [1.165, 1.54) is 19.3 Å². The molecule has 2 aromatic rings. The van der Waals surface area contributed by atoms with Crippen molar-refractivity contribution in [2.24, 2.45) is 0 Å². The van der Waals surface area contributed by atoms with Crippen molar-refractivity contribution in [1.82, 2.24) is 0 Å². The highest BCUT2D eigenvalue weighted by Gasteiger charge is 2.21. The first-order valence-corrected chi connectivity index (χ1v) is 7.71. The number of aromatic hydroxyl groups is 1. The van der Waals surface area contributed by atoms with E-state index in [0.29, 0.717) is 16.7 Å². The second kappa shape index (κ2) is 5.88. The molecule has 1 fully saturated rings. The molecule has 1 nitrogen and oxygen atoms in total. The fourth-order valence-electron chi connectivity index (χ4n) is 3.18. The van der Waals surface area contributed by atoms with Crippen molar-refractivity contribution in [3.63, 3.8) is 0 Å². The smallest absolute Gasteiger partial charge is 0.126 e. The number of phenols is 1. The van der Waals surface area contributed by atoms with Gasteiger partial charge in [0.1, 0.15) is 5.75 Å². The third-order valence-corrected chi connectivity index (χ3v) is 4.45. The molecule has 1 N–H and O–H groups in total. The van der Waals surface area contributed by atoms with Crippen LogP contribution in [0.5, 0.6) is 5.75 Å². The SMILES string of the molecule is Oc1c(-c2ccccc2)cc(Cl)cc1C1CCCCC1. The van der Waals surface area contributed by atoms with Gasteiger partial charge in [-0.25, -0.2) is 0 Å². The summed E-state index contributed by atoms with van der Waals surface area (Å²) in [7, 11) is 0. The van der Waals surface area contributed by atoms with E-state index in [1.807, 2.05) is 42.5 Å². The van der Waals surface area contributed by atoms with Crippen LogP contribution in [-0.4, -0.2) is 5.11 Å². The van der Waals surface area contributed by atoms with Crippen molar-refractivity contribution in [2.75, 3.05) is 0 Å². The van der Waals surface area contributed by atoms with Crippen LogP contribution >= 0.6 is 11.6 Å². The van der Waals surface area contributed by atoms with E-state index in [9.17, 15) is 5.11 Å². The molecule has 3 rings (SSSR count). The summed E-state index contributed by atoms with van der Waals surface area (Å²) in [6.07, 6.45) is 6.11. The fraction of sp³-hybridized carbons (Fsp3) is 0.333. The van der Waals surface area contributed by atoms with E-state index >= 15 is 0 Å². The van der Waals surface area contributed by atoms with Gasteiger partial charge in [-0.3, -0.25) is 0 Å². The van der Waals surface area contributed by atoms with Gasteiger partial charge in [-0.2, -0.15) is 0 Å². The first-order chi connectivity index (χ1) is 9.75. The van der Waals surface area contributed by atoms with Gasteiger partial charge >= 0.3 is 0 Å². The number of rotatable bonds is 2. The molecule has 0 atom stereocenters. The minimum atomic E-state index is 0.410. The molecular formula is C18H19ClO. The molecule has 0 saturated heterocycles. The Morgan fingerprint density at radius 1 is 0.950 bits per heavy atom. The van der Waals surface area contributed by atoms with Gasteiger partial charge in [-0.15, -0.1) is 0 Å². The lowest BCUT2D eigenvalue weighted by Gasteiger charge is -2.24. The van der Waals surface area contributed by atoms with Gasteiger partial charge in [0, 0.05) is 10.6 Å². The quantitative estimate of drug-likeness (QED) is 0.744. The topological polar surface area (TPSA) is 20.2 Å². The van der Waals surface area contributed by atoms with E-state index < -0.39 is 0 Å². The first kappa shape index (κ1) is 13.5. The summed E-state index contributed by atoms with van der Waals surface area (Å²) in [5, 5.41) is 11.4. The maximum absolute atomic E-state index is 10.7. The summed E-state index contributed by atoms with van der Waals surface area (Å²) in [6.45, 7) is 0. The van der Waals surface area contributed by atoms with Crippen molar-refractivity contribution >= 4 is 11.6 Å². The summed E-state index contributed by atoms with van der Waals surface area (Å²) in [5.74, 6) is 0.859. The Balaban J connectivity index is 2.06. The van der Waals surface area contributed by atoms with Gasteiger partial charge in [0.05, 0.1) is 0 Å². The monoisotopic (exact) mass is 286 g/mol. The van der Waals surface area contributed by atoms with Gasteiger partial charge in [0.25, 0.3) is 0 Å². The van der Waals surface area contributed by atoms with Gasteiger partial charge in [-0.05, 0) is 42.0 Å². The number of hydrogen-bond acceptors (Lipinski definition) is 1. The van der Waals surface area contributed by atoms with Crippen LogP contribution in [0.2, 0.25) is 5.02 Å². The summed E-state index contributed by atoms with van der Waals surface area (Å²) >= 11 is 6.28. The summed E-state index contributed by atoms with van der Waals surface area (Å²) in [6, 6.07) is 13.8. The molecule has 0 unspecified atom stereocenters. The average molecular weight is 287 g/mol. The Morgan fingerprint density at radius 3 is 2.35 bits per heavy atom. The van der Waals surface area contributed by atoms with Crippen LogP contribution in [0.4, 0.5) is 0 Å². The van der Waals surface area contributed by atoms with Crippen molar-refractivity contribution in [2.45, 2.75) is 38.0 Å². The van der Waals surface area contributed by atoms with Crippen LogP contribution in [0, 0.1) is 0 Å². The zero-order chi connectivity index (χ0) is 13.9. The predicted octanol–water partition coefficient (Wildman–Crippen LogP) is 5.76. The highest BCUT2D eigenvalue weighted by Crippen LogP contribution is 2.43. The first-order valence-electron chi connectivity index (χ1n) is 7.33. The maximum atomic E-state index is 10.7. The molecule has 20 heavy (non-hydrogen) atoms. The number of phenolic OH excluding ortho intramolecular Hbond substituents is 1. The molecule has 0 amide bonds. The number of hydrogen-bond donors (Lipinski definition) is 1. The van der Waals surface area contributed by atoms with Gasteiger partial charge in [0.15, 0.2) is 0 Å². The summed E-state index contributed by atoms with van der Waals surface area (Å²) in [4.78, 5) is 0. The summed E-state index contributed by atoms with van der Waals surface area (Å²) in [5.41, 5.74) is 2.89. The Morgan fingerprint density at radius 2 is 1.65 bits per heavy atom. The van der Waals surface area contributed by atoms with E-state index in [-0.39, 0.29) is 0 Å². The average Bonchev–Trinajstić information content (AvgIpc) is 2.51. The van der Waals surface area contributed by atoms with Gasteiger partial charge < -0.3 is 5.11 Å². The normalized spacial score (nSPS) is 16.2. The Labute approximate surface area is 125 Å². The molecule has 1 saturated carbocycles. The molecule has 0 aromatic heterocycles. The summed E-state index contributed by atoms with van der Waals surface area (Å²) < 4.78 is 0. The largest absolute Gasteiger partial charge is 0.507 e. The van der Waals surface area contributed by atoms with Crippen LogP contribution in [0.25, 0.3) is 11.1 Å². The molecule has 0 radical (unpaired) electrons. The van der Waals surface area contributed by atoms with Crippen LogP contribution in [0.15, 0.2) is 42.5 Å². The minimum Gasteiger partial charge on any atom is -0.507 e. The van der Waals surface area contributed by atoms with E-state index in [0.717, 1.165) is 29.5 Å². The Hall–Kier alpha value is -1.47. The fourth-order valence-corrected chi connectivity index (χ4v) is 3.41. The molecule has 0 spiro atoms. The standard InChI is InChI=1S/C18H19ClO/c19-15-11-16(13-7-3-1-4-8-13)18(20)17(12-15)14-9-5-2-6-10-14/h1,3-4,7-8,11-12,14,20H,2,5-6,9-10H2. The molecule has 2 aromatic carbocycles. The molecule has 1 aliphatic rings. The number of halogens is 1. The van der Waals surface area contributed by atoms with Gasteiger partial charge in [-0.1, -0.05) is 61.2 Å². The van der Waals surface area contributed by atoms with Crippen molar-refractivity contribution in [3.8, 4) is 16.9 Å². The molecule has 0 aliphatic heterocycles. The van der Waals surface area contributed by atoms with Crippen molar-refractivity contribution in [1.29, 1.82) is 0 Å². The van der Waals surface area contributed by atoms with E-state index in [1.54, 1.807) is 0 Å². The van der Waals surface area contributed by atoms with Crippen LogP contribution < -0.4 is 0 Å². The van der Waals surface area contributed by atoms with Crippen molar-refractivity contribution in [3.05, 3.63) is 53.1 Å². The van der Waals surface area contributed by atoms with E-state index in [2.05, 4.69) is 0 Å². The molecular weight excluding hydrogens is 268 g/mol. The highest BCUT2D eigenvalue weighted by molar-refractivity contribution is 6.31. The predicted molar refractivity (Wildman–Crippen MR) is 84.4 cm³/mol. The third kappa shape index (κ3) is 2.69. The number of benzene rings is 2. The lowest BCUT2D eigenvalue weighted by atomic mass is 9.82. The van der Waals surface area contributed by atoms with Crippen LogP contribution in [-0.2, 0) is 0 Å². The molecule has 0 heterocycles. The zero-order valence-corrected chi connectivity index (χ0v) is 12.2. The van der Waals surface area contributed by atoms with E-state index in [4.69, 9.17) is 11.6 Å².